The van der Waals surface area contributed by atoms with E-state index < -0.39 is 0 Å². The fourth-order valence-electron chi connectivity index (χ4n) is 1.80. The number of thioether (sulfide) groups is 1. The predicted octanol–water partition coefficient (Wildman–Crippen LogP) is 2.91. The minimum atomic E-state index is -0.107. The third-order valence-corrected chi connectivity index (χ3v) is 3.97. The number of ketones is 1. The van der Waals surface area contributed by atoms with Crippen LogP contribution in [0.1, 0.15) is 29.8 Å². The second kappa shape index (κ2) is 5.40. The zero-order valence-corrected chi connectivity index (χ0v) is 11.1. The van der Waals surface area contributed by atoms with Crippen LogP contribution in [-0.4, -0.2) is 23.9 Å². The molecule has 1 aliphatic rings. The van der Waals surface area contributed by atoms with E-state index >= 15 is 0 Å². The summed E-state index contributed by atoms with van der Waals surface area (Å²) in [6.07, 6.45) is 0.819. The molecule has 0 aliphatic carbocycles. The van der Waals surface area contributed by atoms with Crippen LogP contribution in [0.5, 0.6) is 0 Å². The van der Waals surface area contributed by atoms with Crippen molar-refractivity contribution in [1.29, 1.82) is 0 Å². The number of benzene rings is 1. The van der Waals surface area contributed by atoms with E-state index in [2.05, 4.69) is 0 Å². The van der Waals surface area contributed by atoms with E-state index in [-0.39, 0.29) is 11.9 Å². The van der Waals surface area contributed by atoms with Crippen LogP contribution in [0.2, 0.25) is 0 Å². The molecule has 94 valence electrons. The molecule has 0 saturated carbocycles. The number of allylic oxidation sites excluding steroid dienone is 1. The molecule has 2 rings (SSSR count). The topological polar surface area (TPSA) is 43.4 Å². The summed E-state index contributed by atoms with van der Waals surface area (Å²) in [4.78, 5) is 23.5. The highest BCUT2D eigenvalue weighted by atomic mass is 32.2. The Labute approximate surface area is 110 Å². The summed E-state index contributed by atoms with van der Waals surface area (Å²) in [5, 5.41) is 0. The molecule has 0 saturated heterocycles. The minimum Gasteiger partial charge on any atom is -0.485 e. The number of hydrogen-bond acceptors (Lipinski definition) is 4. The predicted molar refractivity (Wildman–Crippen MR) is 72.4 cm³/mol. The summed E-state index contributed by atoms with van der Waals surface area (Å²) < 4.78 is 5.61. The number of aldehydes is 1. The first-order valence-corrected chi connectivity index (χ1v) is 6.71. The number of carbonyl (C=O) groups excluding carboxylic acids is 2. The van der Waals surface area contributed by atoms with Gasteiger partial charge in [0, 0.05) is 23.8 Å². The molecule has 0 spiro atoms. The van der Waals surface area contributed by atoms with Crippen LogP contribution in [0.3, 0.4) is 0 Å². The SMILES string of the molecule is CC(=O)C1=C(c2ccccc2C=O)SCC(C)O1. The molecule has 1 heterocycles. The molecule has 1 unspecified atom stereocenters. The molecule has 3 nitrogen and oxygen atoms in total. The van der Waals surface area contributed by atoms with Crippen molar-refractivity contribution in [1.82, 2.24) is 0 Å². The van der Waals surface area contributed by atoms with Crippen LogP contribution in [0.4, 0.5) is 0 Å². The Kier molecular flexibility index (Phi) is 3.87. The molecule has 0 fully saturated rings. The fourth-order valence-corrected chi connectivity index (χ4v) is 2.94. The lowest BCUT2D eigenvalue weighted by atomic mass is 10.1. The number of ether oxygens (including phenoxy) is 1. The van der Waals surface area contributed by atoms with Gasteiger partial charge in [-0.25, -0.2) is 0 Å². The fraction of sp³-hybridized carbons (Fsp3) is 0.286. The first kappa shape index (κ1) is 12.9. The number of carbonyl (C=O) groups is 2. The van der Waals surface area contributed by atoms with E-state index in [9.17, 15) is 9.59 Å². The van der Waals surface area contributed by atoms with Gasteiger partial charge in [0.2, 0.25) is 0 Å². The molecule has 4 heteroatoms. The molecular weight excluding hydrogens is 248 g/mol. The lowest BCUT2D eigenvalue weighted by molar-refractivity contribution is -0.117. The summed E-state index contributed by atoms with van der Waals surface area (Å²) >= 11 is 1.57. The number of rotatable bonds is 3. The van der Waals surface area contributed by atoms with Crippen molar-refractivity contribution in [3.63, 3.8) is 0 Å². The first-order valence-electron chi connectivity index (χ1n) is 5.72. The normalized spacial score (nSPS) is 19.3. The van der Waals surface area contributed by atoms with Crippen LogP contribution < -0.4 is 0 Å². The zero-order valence-electron chi connectivity index (χ0n) is 10.3. The number of hydrogen-bond donors (Lipinski definition) is 0. The monoisotopic (exact) mass is 262 g/mol. The third-order valence-electron chi connectivity index (χ3n) is 2.64. The molecule has 1 aromatic carbocycles. The van der Waals surface area contributed by atoms with Gasteiger partial charge in [-0.05, 0) is 6.92 Å². The second-order valence-electron chi connectivity index (χ2n) is 4.16. The van der Waals surface area contributed by atoms with E-state index in [4.69, 9.17) is 4.74 Å². The van der Waals surface area contributed by atoms with E-state index in [1.54, 1.807) is 23.9 Å². The first-order chi connectivity index (χ1) is 8.63. The van der Waals surface area contributed by atoms with Gasteiger partial charge in [0.05, 0.1) is 4.91 Å². The van der Waals surface area contributed by atoms with Crippen LogP contribution >= 0.6 is 11.8 Å². The second-order valence-corrected chi connectivity index (χ2v) is 5.19. The lowest BCUT2D eigenvalue weighted by Gasteiger charge is -2.25. The highest BCUT2D eigenvalue weighted by Crippen LogP contribution is 2.38. The third kappa shape index (κ3) is 2.48. The van der Waals surface area contributed by atoms with Gasteiger partial charge in [0.15, 0.2) is 17.8 Å². The lowest BCUT2D eigenvalue weighted by Crippen LogP contribution is -2.20. The Morgan fingerprint density at radius 3 is 2.83 bits per heavy atom. The van der Waals surface area contributed by atoms with E-state index in [0.29, 0.717) is 11.3 Å². The Morgan fingerprint density at radius 2 is 2.17 bits per heavy atom. The molecule has 0 N–H and O–H groups in total. The summed E-state index contributed by atoms with van der Waals surface area (Å²) in [5.74, 6) is 1.04. The molecule has 1 aliphatic heterocycles. The average Bonchev–Trinajstić information content (AvgIpc) is 2.38. The van der Waals surface area contributed by atoms with Gasteiger partial charge in [-0.15, -0.1) is 11.8 Å². The van der Waals surface area contributed by atoms with Crippen molar-refractivity contribution in [3.05, 3.63) is 41.2 Å². The summed E-state index contributed by atoms with van der Waals surface area (Å²) in [6.45, 7) is 3.41. The Hall–Kier alpha value is -1.55. The molecule has 0 radical (unpaired) electrons. The summed E-state index contributed by atoms with van der Waals surface area (Å²) in [5.41, 5.74) is 1.35. The molecule has 0 amide bonds. The maximum absolute atomic E-state index is 11.6. The standard InChI is InChI=1S/C14H14O3S/c1-9-8-18-14(13(17-9)10(2)16)12-6-4-3-5-11(12)7-15/h3-7,9H,8H2,1-2H3. The van der Waals surface area contributed by atoms with Gasteiger partial charge in [-0.3, -0.25) is 9.59 Å². The smallest absolute Gasteiger partial charge is 0.195 e. The summed E-state index contributed by atoms with van der Waals surface area (Å²) in [6, 6.07) is 7.24. The number of Topliss-reactive ketones (excluding diaryl/α,β-unsaturated/α-hetero) is 1. The van der Waals surface area contributed by atoms with E-state index in [1.165, 1.54) is 6.92 Å². The average molecular weight is 262 g/mol. The van der Waals surface area contributed by atoms with Crippen molar-refractivity contribution in [2.24, 2.45) is 0 Å². The van der Waals surface area contributed by atoms with Crippen molar-refractivity contribution in [2.75, 3.05) is 5.75 Å². The highest BCUT2D eigenvalue weighted by Gasteiger charge is 2.25. The minimum absolute atomic E-state index is 0.0149. The molecule has 0 bridgehead atoms. The van der Waals surface area contributed by atoms with Gasteiger partial charge < -0.3 is 4.74 Å². The molecular formula is C14H14O3S. The maximum atomic E-state index is 11.6. The zero-order chi connectivity index (χ0) is 13.1. The Morgan fingerprint density at radius 1 is 1.44 bits per heavy atom. The van der Waals surface area contributed by atoms with Crippen molar-refractivity contribution in [2.45, 2.75) is 20.0 Å². The van der Waals surface area contributed by atoms with Crippen LogP contribution in [0, 0.1) is 0 Å². The van der Waals surface area contributed by atoms with Crippen LogP contribution in [0.25, 0.3) is 4.91 Å². The molecule has 1 atom stereocenters. The Balaban J connectivity index is 2.55. The van der Waals surface area contributed by atoms with Crippen LogP contribution in [0.15, 0.2) is 30.0 Å². The van der Waals surface area contributed by atoms with Gasteiger partial charge in [-0.2, -0.15) is 0 Å². The quantitative estimate of drug-likeness (QED) is 0.786. The van der Waals surface area contributed by atoms with Gasteiger partial charge in [0.25, 0.3) is 0 Å². The maximum Gasteiger partial charge on any atom is 0.195 e. The van der Waals surface area contributed by atoms with E-state index in [0.717, 1.165) is 22.5 Å². The van der Waals surface area contributed by atoms with Gasteiger partial charge in [-0.1, -0.05) is 24.3 Å². The van der Waals surface area contributed by atoms with Gasteiger partial charge in [0.1, 0.15) is 6.10 Å². The molecule has 1 aromatic rings. The van der Waals surface area contributed by atoms with Crippen molar-refractivity contribution in [3.8, 4) is 0 Å². The van der Waals surface area contributed by atoms with Crippen LogP contribution in [-0.2, 0) is 9.53 Å². The molecule has 0 aromatic heterocycles. The summed E-state index contributed by atoms with van der Waals surface area (Å²) in [7, 11) is 0. The highest BCUT2D eigenvalue weighted by molar-refractivity contribution is 8.08. The van der Waals surface area contributed by atoms with Gasteiger partial charge >= 0.3 is 0 Å². The van der Waals surface area contributed by atoms with Crippen molar-refractivity contribution >= 4 is 28.7 Å². The largest absolute Gasteiger partial charge is 0.485 e. The molecule has 18 heavy (non-hydrogen) atoms. The Bertz CT molecular complexity index is 520. The van der Waals surface area contributed by atoms with Crippen molar-refractivity contribution < 1.29 is 14.3 Å². The van der Waals surface area contributed by atoms with E-state index in [1.807, 2.05) is 19.1 Å².